The number of nitrogens with two attached hydrogens (primary N) is 1. The van der Waals surface area contributed by atoms with Gasteiger partial charge in [0.05, 0.1) is 0 Å². The van der Waals surface area contributed by atoms with Crippen molar-refractivity contribution in [3.63, 3.8) is 0 Å². The van der Waals surface area contributed by atoms with Crippen molar-refractivity contribution in [1.29, 1.82) is 0 Å². The number of alkyl halides is 2. The zero-order valence-corrected chi connectivity index (χ0v) is 16.0. The molecule has 0 spiro atoms. The van der Waals surface area contributed by atoms with Crippen LogP contribution in [-0.4, -0.2) is 24.6 Å². The van der Waals surface area contributed by atoms with E-state index in [1.54, 1.807) is 12.1 Å². The second-order valence-corrected chi connectivity index (χ2v) is 7.31. The second kappa shape index (κ2) is 9.64. The molecule has 0 unspecified atom stereocenters. The molecule has 0 bridgehead atoms. The number of carbonyl (C=O) groups is 1. The Morgan fingerprint density at radius 1 is 1.04 bits per heavy atom. The van der Waals surface area contributed by atoms with Gasteiger partial charge < -0.3 is 15.4 Å². The molecule has 0 aromatic heterocycles. The van der Waals surface area contributed by atoms with Gasteiger partial charge in [-0.3, -0.25) is 4.79 Å². The zero-order chi connectivity index (χ0) is 19.9. The lowest BCUT2D eigenvalue weighted by Crippen LogP contribution is -2.93. The van der Waals surface area contributed by atoms with Crippen LogP contribution in [0, 0.1) is 0 Å². The summed E-state index contributed by atoms with van der Waals surface area (Å²) < 4.78 is 29.2. The fraction of sp³-hybridized carbons (Fsp3) is 0.409. The first-order valence-corrected chi connectivity index (χ1v) is 9.78. The van der Waals surface area contributed by atoms with Gasteiger partial charge in [0.25, 0.3) is 5.91 Å². The van der Waals surface area contributed by atoms with Gasteiger partial charge in [0.1, 0.15) is 11.8 Å². The average Bonchev–Trinajstić information content (AvgIpc) is 3.20. The summed E-state index contributed by atoms with van der Waals surface area (Å²) in [5.74, 6) is 0.156. The summed E-state index contributed by atoms with van der Waals surface area (Å²) in [5.41, 5.74) is 1.97. The molecule has 28 heavy (non-hydrogen) atoms. The third-order valence-electron chi connectivity index (χ3n) is 5.22. The van der Waals surface area contributed by atoms with Gasteiger partial charge in [-0.15, -0.1) is 0 Å². The lowest BCUT2D eigenvalue weighted by molar-refractivity contribution is -0.704. The highest BCUT2D eigenvalue weighted by molar-refractivity contribution is 5.80. The number of nitrogens with one attached hydrogen (secondary N) is 1. The van der Waals surface area contributed by atoms with E-state index in [4.69, 9.17) is 0 Å². The quantitative estimate of drug-likeness (QED) is 0.727. The standard InChI is InChI=1S/C22H26F2N2O2/c1-15(21(27)26-18-9-5-6-10-18)25-20(16-7-3-2-4-8-16)17-11-13-19(14-12-17)28-22(23)24/h2-4,7-8,11-15,18,20,22,25H,5-6,9-10H2,1H3,(H,26,27)/p+1/t15-,20+/m1/s1. The minimum Gasteiger partial charge on any atom is -0.435 e. The first-order valence-electron chi connectivity index (χ1n) is 9.78. The van der Waals surface area contributed by atoms with Gasteiger partial charge in [-0.25, -0.2) is 0 Å². The number of amides is 1. The maximum Gasteiger partial charge on any atom is 0.387 e. The minimum atomic E-state index is -2.85. The molecule has 3 rings (SSSR count). The molecule has 0 saturated heterocycles. The van der Waals surface area contributed by atoms with E-state index in [0.29, 0.717) is 0 Å². The first-order chi connectivity index (χ1) is 13.5. The van der Waals surface area contributed by atoms with Gasteiger partial charge in [-0.05, 0) is 44.0 Å². The molecule has 1 aliphatic carbocycles. The van der Waals surface area contributed by atoms with Gasteiger partial charge in [0, 0.05) is 17.2 Å². The van der Waals surface area contributed by atoms with Crippen LogP contribution in [0.5, 0.6) is 5.75 Å². The molecule has 1 aliphatic rings. The van der Waals surface area contributed by atoms with Crippen LogP contribution in [0.1, 0.15) is 49.8 Å². The predicted octanol–water partition coefficient (Wildman–Crippen LogP) is 3.39. The van der Waals surface area contributed by atoms with E-state index < -0.39 is 6.61 Å². The van der Waals surface area contributed by atoms with E-state index in [2.05, 4.69) is 10.1 Å². The molecule has 0 radical (unpaired) electrons. The molecular weight excluding hydrogens is 362 g/mol. The van der Waals surface area contributed by atoms with Crippen molar-refractivity contribution in [2.45, 2.75) is 57.3 Å². The first kappa shape index (κ1) is 20.3. The van der Waals surface area contributed by atoms with Gasteiger partial charge in [0.15, 0.2) is 6.04 Å². The fourth-order valence-electron chi connectivity index (χ4n) is 3.71. The molecular formula is C22H27F2N2O2+. The number of hydrogen-bond donors (Lipinski definition) is 2. The van der Waals surface area contributed by atoms with Gasteiger partial charge in [-0.2, -0.15) is 8.78 Å². The second-order valence-electron chi connectivity index (χ2n) is 7.31. The van der Waals surface area contributed by atoms with Crippen molar-refractivity contribution in [3.8, 4) is 5.75 Å². The van der Waals surface area contributed by atoms with Crippen LogP contribution in [0.4, 0.5) is 8.78 Å². The molecule has 150 valence electrons. The van der Waals surface area contributed by atoms with Gasteiger partial charge >= 0.3 is 6.61 Å². The van der Waals surface area contributed by atoms with Crippen LogP contribution in [0.25, 0.3) is 0 Å². The van der Waals surface area contributed by atoms with Crippen molar-refractivity contribution in [2.24, 2.45) is 0 Å². The Labute approximate surface area is 164 Å². The topological polar surface area (TPSA) is 54.9 Å². The van der Waals surface area contributed by atoms with E-state index >= 15 is 0 Å². The number of carbonyl (C=O) groups excluding carboxylic acids is 1. The maximum atomic E-state index is 12.6. The van der Waals surface area contributed by atoms with Gasteiger partial charge in [-0.1, -0.05) is 43.2 Å². The van der Waals surface area contributed by atoms with Crippen LogP contribution in [-0.2, 0) is 4.79 Å². The highest BCUT2D eigenvalue weighted by Gasteiger charge is 2.27. The minimum absolute atomic E-state index is 0.0329. The summed E-state index contributed by atoms with van der Waals surface area (Å²) in [7, 11) is 0. The molecule has 1 amide bonds. The summed E-state index contributed by atoms with van der Waals surface area (Å²) in [5, 5.41) is 5.16. The third kappa shape index (κ3) is 5.52. The molecule has 0 aliphatic heterocycles. The molecule has 4 nitrogen and oxygen atoms in total. The number of ether oxygens (including phenoxy) is 1. The van der Waals surface area contributed by atoms with Crippen molar-refractivity contribution < 1.29 is 23.6 Å². The number of quaternary nitrogens is 1. The van der Waals surface area contributed by atoms with E-state index in [-0.39, 0.29) is 29.8 Å². The Morgan fingerprint density at radius 3 is 2.25 bits per heavy atom. The molecule has 2 aromatic carbocycles. The SMILES string of the molecule is C[C@@H]([NH2+][C@@H](c1ccccc1)c1ccc(OC(F)F)cc1)C(=O)NC1CCCC1. The molecule has 2 atom stereocenters. The van der Waals surface area contributed by atoms with Crippen LogP contribution in [0.2, 0.25) is 0 Å². The van der Waals surface area contributed by atoms with Crippen LogP contribution in [0.15, 0.2) is 54.6 Å². The molecule has 6 heteroatoms. The summed E-state index contributed by atoms with van der Waals surface area (Å²) >= 11 is 0. The Bertz CT molecular complexity index is 747. The fourth-order valence-corrected chi connectivity index (χ4v) is 3.71. The van der Waals surface area contributed by atoms with Gasteiger partial charge in [0.2, 0.25) is 0 Å². The molecule has 0 heterocycles. The van der Waals surface area contributed by atoms with E-state index in [1.807, 2.05) is 42.6 Å². The van der Waals surface area contributed by atoms with Crippen molar-refractivity contribution >= 4 is 5.91 Å². The Kier molecular flexibility index (Phi) is 6.98. The average molecular weight is 389 g/mol. The molecule has 2 aromatic rings. The number of hydrogen-bond acceptors (Lipinski definition) is 2. The van der Waals surface area contributed by atoms with E-state index in [1.165, 1.54) is 25.0 Å². The number of benzene rings is 2. The number of halogens is 2. The Balaban J connectivity index is 1.74. The van der Waals surface area contributed by atoms with E-state index in [0.717, 1.165) is 24.0 Å². The molecule has 1 saturated carbocycles. The lowest BCUT2D eigenvalue weighted by Gasteiger charge is -2.22. The Hall–Kier alpha value is -2.47. The third-order valence-corrected chi connectivity index (χ3v) is 5.22. The zero-order valence-electron chi connectivity index (χ0n) is 16.0. The maximum absolute atomic E-state index is 12.6. The molecule has 1 fully saturated rings. The Morgan fingerprint density at radius 2 is 1.64 bits per heavy atom. The van der Waals surface area contributed by atoms with Crippen LogP contribution < -0.4 is 15.4 Å². The van der Waals surface area contributed by atoms with E-state index in [9.17, 15) is 13.6 Å². The summed E-state index contributed by atoms with van der Waals surface area (Å²) in [6.07, 6.45) is 4.43. The number of rotatable bonds is 8. The smallest absolute Gasteiger partial charge is 0.387 e. The lowest BCUT2D eigenvalue weighted by atomic mass is 9.97. The van der Waals surface area contributed by atoms with Crippen molar-refractivity contribution in [3.05, 3.63) is 65.7 Å². The summed E-state index contributed by atoms with van der Waals surface area (Å²) in [6, 6.07) is 16.4. The monoisotopic (exact) mass is 389 g/mol. The summed E-state index contributed by atoms with van der Waals surface area (Å²) in [4.78, 5) is 12.6. The largest absolute Gasteiger partial charge is 0.435 e. The normalized spacial score (nSPS) is 16.7. The van der Waals surface area contributed by atoms with Crippen molar-refractivity contribution in [1.82, 2.24) is 5.32 Å². The van der Waals surface area contributed by atoms with Crippen LogP contribution >= 0.6 is 0 Å². The summed E-state index contributed by atoms with van der Waals surface area (Å²) in [6.45, 7) is -0.948. The predicted molar refractivity (Wildman–Crippen MR) is 103 cm³/mol. The van der Waals surface area contributed by atoms with Crippen molar-refractivity contribution in [2.75, 3.05) is 0 Å². The molecule has 3 N–H and O–H groups in total. The highest BCUT2D eigenvalue weighted by Crippen LogP contribution is 2.22. The van der Waals surface area contributed by atoms with Crippen LogP contribution in [0.3, 0.4) is 0 Å². The highest BCUT2D eigenvalue weighted by atomic mass is 19.3.